The van der Waals surface area contributed by atoms with Crippen LogP contribution in [0, 0.1) is 17.6 Å². The second kappa shape index (κ2) is 9.96. The first-order valence-electron chi connectivity index (χ1n) is 11.3. The highest BCUT2D eigenvalue weighted by molar-refractivity contribution is 7.90. The molecule has 0 saturated carbocycles. The van der Waals surface area contributed by atoms with Gasteiger partial charge in [0.25, 0.3) is 0 Å². The van der Waals surface area contributed by atoms with Crippen LogP contribution < -0.4 is 0 Å². The monoisotopic (exact) mass is 521 g/mol. The van der Waals surface area contributed by atoms with Crippen LogP contribution in [-0.2, 0) is 16.3 Å². The van der Waals surface area contributed by atoms with Crippen LogP contribution in [0.4, 0.5) is 13.2 Å². The van der Waals surface area contributed by atoms with E-state index in [9.17, 15) is 17.2 Å². The largest absolute Gasteiger partial charge is 0.292 e. The molecule has 8 heteroatoms. The fourth-order valence-corrected chi connectivity index (χ4v) is 5.74. The number of alkyl halides is 1. The predicted octanol–water partition coefficient (Wildman–Crippen LogP) is 6.40. The summed E-state index contributed by atoms with van der Waals surface area (Å²) in [5, 5.41) is 0.598. The summed E-state index contributed by atoms with van der Waals surface area (Å²) in [4.78, 5) is 2.41. The molecule has 0 aliphatic carbocycles. The number of hydrogen-bond acceptors (Lipinski definition) is 3. The highest BCUT2D eigenvalue weighted by atomic mass is 35.5. The summed E-state index contributed by atoms with van der Waals surface area (Å²) in [5.74, 6) is -1.38. The van der Waals surface area contributed by atoms with E-state index in [-0.39, 0.29) is 29.7 Å². The topological polar surface area (TPSA) is 37.4 Å². The fourth-order valence-electron chi connectivity index (χ4n) is 4.94. The molecule has 186 valence electrons. The van der Waals surface area contributed by atoms with E-state index in [1.807, 2.05) is 18.2 Å². The average Bonchev–Trinajstić information content (AvgIpc) is 2.72. The van der Waals surface area contributed by atoms with Crippen LogP contribution in [0.3, 0.4) is 0 Å². The molecule has 3 nitrogen and oxygen atoms in total. The van der Waals surface area contributed by atoms with Gasteiger partial charge in [-0.05, 0) is 72.4 Å². The molecule has 0 N–H and O–H groups in total. The van der Waals surface area contributed by atoms with Gasteiger partial charge >= 0.3 is 0 Å². The zero-order chi connectivity index (χ0) is 25.4. The van der Waals surface area contributed by atoms with Gasteiger partial charge in [0, 0.05) is 36.9 Å². The number of benzene rings is 3. The van der Waals surface area contributed by atoms with Crippen LogP contribution in [0.2, 0.25) is 5.02 Å². The Kier molecular flexibility index (Phi) is 7.32. The maximum Gasteiger partial charge on any atom is 0.175 e. The van der Waals surface area contributed by atoms with Crippen molar-refractivity contribution in [2.75, 3.05) is 19.3 Å². The van der Waals surface area contributed by atoms with E-state index in [2.05, 4.69) is 4.90 Å². The molecule has 1 fully saturated rings. The maximum atomic E-state index is 15.4. The van der Waals surface area contributed by atoms with Crippen LogP contribution in [-0.4, -0.2) is 38.3 Å². The van der Waals surface area contributed by atoms with Crippen LogP contribution in [0.25, 0.3) is 0 Å². The van der Waals surface area contributed by atoms with Crippen LogP contribution in [0.5, 0.6) is 0 Å². The minimum atomic E-state index is -3.38. The van der Waals surface area contributed by atoms with Crippen molar-refractivity contribution in [2.24, 2.45) is 5.92 Å². The van der Waals surface area contributed by atoms with E-state index >= 15 is 4.39 Å². The highest BCUT2D eigenvalue weighted by Crippen LogP contribution is 2.39. The number of nitrogens with zero attached hydrogens (tertiary/aromatic N) is 1. The van der Waals surface area contributed by atoms with Gasteiger partial charge in [0.05, 0.1) is 10.9 Å². The van der Waals surface area contributed by atoms with Crippen LogP contribution in [0.1, 0.15) is 36.1 Å². The Morgan fingerprint density at radius 2 is 1.63 bits per heavy atom. The van der Waals surface area contributed by atoms with Gasteiger partial charge in [-0.15, -0.1) is 0 Å². The van der Waals surface area contributed by atoms with E-state index in [1.54, 1.807) is 30.3 Å². The van der Waals surface area contributed by atoms with E-state index < -0.39 is 27.1 Å². The highest BCUT2D eigenvalue weighted by Gasteiger charge is 2.39. The Bertz CT molecular complexity index is 1290. The summed E-state index contributed by atoms with van der Waals surface area (Å²) < 4.78 is 66.7. The third-order valence-electron chi connectivity index (χ3n) is 6.35. The van der Waals surface area contributed by atoms with Gasteiger partial charge in [0.2, 0.25) is 0 Å². The summed E-state index contributed by atoms with van der Waals surface area (Å²) in [7, 11) is -3.38. The van der Waals surface area contributed by atoms with Gasteiger partial charge in [-0.1, -0.05) is 35.9 Å². The molecule has 0 spiro atoms. The molecular weight excluding hydrogens is 495 g/mol. The smallest absolute Gasteiger partial charge is 0.175 e. The first kappa shape index (κ1) is 25.7. The van der Waals surface area contributed by atoms with E-state index in [1.165, 1.54) is 25.3 Å². The lowest BCUT2D eigenvalue weighted by molar-refractivity contribution is 0.0237. The second-order valence-electron chi connectivity index (χ2n) is 9.69. The lowest BCUT2D eigenvalue weighted by atomic mass is 9.82. The van der Waals surface area contributed by atoms with Crippen molar-refractivity contribution in [1.82, 2.24) is 4.90 Å². The van der Waals surface area contributed by atoms with Gasteiger partial charge < -0.3 is 0 Å². The van der Waals surface area contributed by atoms with Gasteiger partial charge in [-0.3, -0.25) is 4.90 Å². The molecule has 0 aromatic heterocycles. The molecule has 3 aromatic rings. The molecule has 1 aliphatic heterocycles. The molecule has 3 aromatic carbocycles. The number of sulfone groups is 1. The molecule has 35 heavy (non-hydrogen) atoms. The molecule has 4 rings (SSSR count). The van der Waals surface area contributed by atoms with Gasteiger partial charge in [-0.2, -0.15) is 0 Å². The second-order valence-corrected chi connectivity index (χ2v) is 12.1. The molecule has 0 amide bonds. The van der Waals surface area contributed by atoms with Crippen LogP contribution >= 0.6 is 11.6 Å². The molecule has 2 unspecified atom stereocenters. The molecule has 0 radical (unpaired) electrons. The first-order chi connectivity index (χ1) is 16.4. The lowest BCUT2D eigenvalue weighted by Gasteiger charge is -2.46. The summed E-state index contributed by atoms with van der Waals surface area (Å²) in [6.45, 7) is 2.67. The number of hydrogen-bond donors (Lipinski definition) is 0. The Balaban J connectivity index is 1.51. The van der Waals surface area contributed by atoms with E-state index in [0.717, 1.165) is 17.2 Å². The SMILES string of the molecule is CC(F)(Cc1cc(F)cc(F)c1)CC1CN(C(c2ccc(Cl)cc2)c2cccc(S(C)(=O)=O)c2)C1. The molecule has 1 aliphatic rings. The lowest BCUT2D eigenvalue weighted by Crippen LogP contribution is -2.50. The molecule has 1 saturated heterocycles. The van der Waals surface area contributed by atoms with Gasteiger partial charge in [0.1, 0.15) is 17.3 Å². The number of rotatable bonds is 8. The molecule has 2 atom stereocenters. The quantitative estimate of drug-likeness (QED) is 0.344. The Hall–Kier alpha value is -2.35. The predicted molar refractivity (Wildman–Crippen MR) is 132 cm³/mol. The van der Waals surface area contributed by atoms with Crippen LogP contribution in [0.15, 0.2) is 71.6 Å². The standard InChI is InChI=1S/C27H27ClF3NO2S/c1-27(31,14-18-10-23(29)13-24(30)11-18)15-19-16-32(17-19)26(20-6-8-22(28)9-7-20)21-4-3-5-25(12-21)35(2,33)34/h3-13,19,26H,14-17H2,1-2H3. The zero-order valence-corrected chi connectivity index (χ0v) is 21.1. The van der Waals surface area contributed by atoms with E-state index in [4.69, 9.17) is 11.6 Å². The molecule has 0 bridgehead atoms. The Labute approximate surface area is 209 Å². The summed E-state index contributed by atoms with van der Waals surface area (Å²) >= 11 is 6.08. The average molecular weight is 522 g/mol. The number of likely N-dealkylation sites (tertiary alicyclic amines) is 1. The van der Waals surface area contributed by atoms with Crippen molar-refractivity contribution < 1.29 is 21.6 Å². The van der Waals surface area contributed by atoms with Crippen molar-refractivity contribution >= 4 is 21.4 Å². The van der Waals surface area contributed by atoms with Crippen molar-refractivity contribution in [3.63, 3.8) is 0 Å². The Morgan fingerprint density at radius 3 is 2.23 bits per heavy atom. The van der Waals surface area contributed by atoms with Crippen molar-refractivity contribution in [3.8, 4) is 0 Å². The third-order valence-corrected chi connectivity index (χ3v) is 7.71. The molecule has 1 heterocycles. The minimum Gasteiger partial charge on any atom is -0.292 e. The first-order valence-corrected chi connectivity index (χ1v) is 13.6. The summed E-state index contributed by atoms with van der Waals surface area (Å²) in [6.07, 6.45) is 1.35. The number of halogens is 4. The van der Waals surface area contributed by atoms with Gasteiger partial charge in [0.15, 0.2) is 9.84 Å². The van der Waals surface area contributed by atoms with Crippen molar-refractivity contribution in [2.45, 2.75) is 36.4 Å². The van der Waals surface area contributed by atoms with Gasteiger partial charge in [-0.25, -0.2) is 21.6 Å². The summed E-state index contributed by atoms with van der Waals surface area (Å²) in [5.41, 5.74) is 0.451. The molecular formula is C27H27ClF3NO2S. The normalized spacial score (nSPS) is 17.5. The Morgan fingerprint density at radius 1 is 1.00 bits per heavy atom. The van der Waals surface area contributed by atoms with Crippen molar-refractivity contribution in [1.29, 1.82) is 0 Å². The van der Waals surface area contributed by atoms with Crippen molar-refractivity contribution in [3.05, 3.63) is 100 Å². The minimum absolute atomic E-state index is 0.0521. The third kappa shape index (κ3) is 6.46. The zero-order valence-electron chi connectivity index (χ0n) is 19.5. The fraction of sp³-hybridized carbons (Fsp3) is 0.333. The summed E-state index contributed by atoms with van der Waals surface area (Å²) in [6, 6.07) is 17.2. The van der Waals surface area contributed by atoms with E-state index in [0.29, 0.717) is 23.7 Å². The maximum absolute atomic E-state index is 15.4.